The molecule has 0 aromatic carbocycles. The molecule has 0 amide bonds. The molecule has 8 rings (SSSR count). The number of nitrogens with two attached hydrogens (primary N) is 2. The number of imidazole rings is 1. The molecule has 3 fully saturated rings. The van der Waals surface area contributed by atoms with E-state index in [1.165, 1.54) is 17.2 Å². The number of halogens is 2. The van der Waals surface area contributed by atoms with Gasteiger partial charge in [0.1, 0.15) is 41.9 Å². The van der Waals surface area contributed by atoms with Crippen molar-refractivity contribution in [1.29, 1.82) is 0 Å². The van der Waals surface area contributed by atoms with Gasteiger partial charge in [0.2, 0.25) is 5.95 Å². The first-order chi connectivity index (χ1) is 24.4. The molecule has 0 radical (unpaired) electrons. The molecule has 6 N–H and O–H groups in total. The fourth-order valence-corrected chi connectivity index (χ4v) is 9.73. The molecule has 10 atom stereocenters. The maximum absolute atomic E-state index is 16.5. The van der Waals surface area contributed by atoms with Crippen LogP contribution in [0.25, 0.3) is 22.2 Å². The molecule has 18 nitrogen and oxygen atoms in total. The van der Waals surface area contributed by atoms with Crippen LogP contribution in [0.15, 0.2) is 18.9 Å². The van der Waals surface area contributed by atoms with E-state index in [0.29, 0.717) is 12.2 Å². The van der Waals surface area contributed by atoms with Gasteiger partial charge in [-0.1, -0.05) is 12.2 Å². The molecule has 1 aliphatic carbocycles. The summed E-state index contributed by atoms with van der Waals surface area (Å²) >= 11 is 9.38. The molecule has 0 saturated carbocycles. The van der Waals surface area contributed by atoms with Gasteiger partial charge in [-0.3, -0.25) is 18.1 Å². The summed E-state index contributed by atoms with van der Waals surface area (Å²) in [6.45, 7) is -9.40. The van der Waals surface area contributed by atoms with Crippen LogP contribution < -0.4 is 16.8 Å². The molecule has 51 heavy (non-hydrogen) atoms. The van der Waals surface area contributed by atoms with E-state index in [2.05, 4.69) is 42.5 Å². The van der Waals surface area contributed by atoms with Crippen LogP contribution in [0.1, 0.15) is 36.6 Å². The van der Waals surface area contributed by atoms with Crippen molar-refractivity contribution in [2.24, 2.45) is 5.73 Å². The Kier molecular flexibility index (Phi) is 9.59. The molecular weight excluding hydrogens is 756 g/mol. The van der Waals surface area contributed by atoms with Crippen molar-refractivity contribution in [3.8, 4) is 0 Å². The monoisotopic (exact) mass is 790 g/mol. The highest BCUT2D eigenvalue weighted by Crippen LogP contribution is 2.59. The zero-order valence-corrected chi connectivity index (χ0v) is 30.1. The number of nitrogens with one attached hydrogen (secondary N) is 1. The van der Waals surface area contributed by atoms with Gasteiger partial charge >= 0.3 is 13.5 Å². The number of hydrogen-bond donors (Lipinski definition) is 5. The van der Waals surface area contributed by atoms with Crippen LogP contribution in [-0.2, 0) is 56.8 Å². The van der Waals surface area contributed by atoms with E-state index >= 15 is 8.78 Å². The Balaban J connectivity index is 1.10. The first kappa shape index (κ1) is 35.6. The highest BCUT2D eigenvalue weighted by atomic mass is 32.7. The van der Waals surface area contributed by atoms with Crippen LogP contribution in [0.4, 0.5) is 20.5 Å². The number of hydrogen-bond acceptors (Lipinski definition) is 16. The van der Waals surface area contributed by atoms with Gasteiger partial charge in [-0.25, -0.2) is 28.3 Å². The third kappa shape index (κ3) is 6.67. The zero-order valence-electron chi connectivity index (χ0n) is 26.6. The van der Waals surface area contributed by atoms with Crippen LogP contribution in [0, 0.1) is 0 Å². The lowest BCUT2D eigenvalue weighted by Gasteiger charge is -2.26. The van der Waals surface area contributed by atoms with Crippen molar-refractivity contribution < 1.29 is 45.8 Å². The summed E-state index contributed by atoms with van der Waals surface area (Å²) in [6.07, 6.45) is -4.78. The Labute approximate surface area is 298 Å². The second-order valence-electron chi connectivity index (χ2n) is 12.4. The van der Waals surface area contributed by atoms with E-state index in [1.807, 2.05) is 0 Å². The normalized spacial score (nSPS) is 35.9. The van der Waals surface area contributed by atoms with E-state index in [9.17, 15) is 9.46 Å². The van der Waals surface area contributed by atoms with Gasteiger partial charge in [0.25, 0.3) is 0 Å². The predicted octanol–water partition coefficient (Wildman–Crippen LogP) is 2.65. The number of nitrogens with zero attached hydrogens (tertiary/aromatic N) is 7. The van der Waals surface area contributed by atoms with E-state index in [-0.39, 0.29) is 29.5 Å². The molecule has 4 aromatic rings. The van der Waals surface area contributed by atoms with Crippen molar-refractivity contribution in [2.45, 2.75) is 74.9 Å². The third-order valence-corrected chi connectivity index (χ3v) is 12.3. The van der Waals surface area contributed by atoms with Crippen molar-refractivity contribution >= 4 is 71.5 Å². The summed E-state index contributed by atoms with van der Waals surface area (Å²) in [6, 6.07) is 0. The molecule has 2 bridgehead atoms. The van der Waals surface area contributed by atoms with Crippen molar-refractivity contribution in [3.63, 3.8) is 0 Å². The average Bonchev–Trinajstić information content (AvgIpc) is 3.79. The lowest BCUT2D eigenvalue weighted by molar-refractivity contribution is -0.0578. The molecule has 4 aromatic heterocycles. The van der Waals surface area contributed by atoms with Gasteiger partial charge in [0, 0.05) is 24.7 Å². The summed E-state index contributed by atoms with van der Waals surface area (Å²) in [7, 11) is 0. The molecule has 7 heterocycles. The Hall–Kier alpha value is -2.46. The standard InChI is InChI=1S/C27H34F2N10O8P2S2/c28-17-14-8-42-48(40,50)46-20-15(45-25(18(20)29)38-7-12-3-1-2-4-13-16(12)23(38)34-10-33-13)9-43-49(41,51)47-21(17)26(44-14)39-11-35-19-22(31)36-27(32-6-5-30)37-24(19)39/h7,10-11,14-15,17-18,20-21,25-26H,1-6,8-9,30H2,(H,40,50)(H,41,51)(H3,31,32,36,37)/t14-,15-,17-,18-,20-,21-,25-,26-,48?,49?/m1/s1. The minimum atomic E-state index is -4.45. The van der Waals surface area contributed by atoms with E-state index in [4.69, 9.17) is 50.8 Å². The molecule has 0 spiro atoms. The number of aryl methyl sites for hydroxylation is 2. The second kappa shape index (κ2) is 13.7. The molecule has 3 saturated heterocycles. The number of alkyl halides is 2. The van der Waals surface area contributed by atoms with Crippen molar-refractivity contribution in [3.05, 3.63) is 30.1 Å². The summed E-state index contributed by atoms with van der Waals surface area (Å²) < 4.78 is 83.8. The van der Waals surface area contributed by atoms with E-state index < -0.39 is 75.9 Å². The quantitative estimate of drug-likeness (QED) is 0.145. The largest absolute Gasteiger partial charge is 0.386 e. The Morgan fingerprint density at radius 2 is 1.78 bits per heavy atom. The number of aromatic nitrogens is 7. The number of nitrogen functional groups attached to an aromatic ring is 1. The van der Waals surface area contributed by atoms with Crippen LogP contribution in [0.5, 0.6) is 0 Å². The lowest BCUT2D eigenvalue weighted by Crippen LogP contribution is -2.34. The first-order valence-electron chi connectivity index (χ1n) is 16.1. The Morgan fingerprint density at radius 1 is 1.00 bits per heavy atom. The second-order valence-corrected chi connectivity index (χ2v) is 18.1. The number of fused-ring (bicyclic) bond motifs is 4. The highest BCUT2D eigenvalue weighted by molar-refractivity contribution is 8.44. The van der Waals surface area contributed by atoms with Gasteiger partial charge in [0.05, 0.1) is 25.2 Å². The van der Waals surface area contributed by atoms with Gasteiger partial charge in [-0.2, -0.15) is 9.97 Å². The molecule has 276 valence electrons. The summed E-state index contributed by atoms with van der Waals surface area (Å²) in [5.41, 5.74) is 14.3. The minimum Gasteiger partial charge on any atom is -0.382 e. The average molecular weight is 791 g/mol. The first-order valence-corrected chi connectivity index (χ1v) is 21.4. The number of thiol groups is 1. The van der Waals surface area contributed by atoms with Gasteiger partial charge in [-0.15, -0.1) is 0 Å². The summed E-state index contributed by atoms with van der Waals surface area (Å²) in [4.78, 5) is 32.8. The number of ether oxygens (including phenoxy) is 2. The van der Waals surface area contributed by atoms with Crippen molar-refractivity contribution in [2.75, 3.05) is 37.4 Å². The zero-order chi connectivity index (χ0) is 35.7. The van der Waals surface area contributed by atoms with Crippen LogP contribution in [-0.4, -0.2) is 102 Å². The van der Waals surface area contributed by atoms with Gasteiger partial charge in [-0.05, 0) is 43.1 Å². The fraction of sp³-hybridized carbons (Fsp3) is 0.593. The lowest BCUT2D eigenvalue weighted by atomic mass is 10.1. The molecule has 2 unspecified atom stereocenters. The van der Waals surface area contributed by atoms with Crippen LogP contribution in [0.3, 0.4) is 0 Å². The maximum atomic E-state index is 16.5. The van der Waals surface area contributed by atoms with Crippen molar-refractivity contribution in [1.82, 2.24) is 34.1 Å². The van der Waals surface area contributed by atoms with Gasteiger partial charge in [0.15, 0.2) is 36.3 Å². The fourth-order valence-electron chi connectivity index (χ4n) is 6.85. The number of anilines is 2. The third-order valence-electron chi connectivity index (χ3n) is 9.15. The SMILES string of the molecule is NCCNc1nc(N)c2ncn([C@@H]3O[C@@H]4COP(O)(=S)O[C@H]5[C@@H](F)[C@H](n6cc7c8c(ncnc86)CCCC7)O[C@@H]5COP(=O)(S)O[C@@H]3[C@@H]4F)c2n1. The van der Waals surface area contributed by atoms with Gasteiger partial charge < -0.3 is 40.2 Å². The van der Waals surface area contributed by atoms with E-state index in [0.717, 1.165) is 42.3 Å². The molecule has 24 heteroatoms. The van der Waals surface area contributed by atoms with Crippen LogP contribution >= 0.6 is 25.8 Å². The highest BCUT2D eigenvalue weighted by Gasteiger charge is 2.54. The summed E-state index contributed by atoms with van der Waals surface area (Å²) in [5.74, 6) is 0.142. The smallest absolute Gasteiger partial charge is 0.382 e. The summed E-state index contributed by atoms with van der Waals surface area (Å²) in [5, 5.41) is 3.75. The Morgan fingerprint density at radius 3 is 2.61 bits per heavy atom. The molecular formula is C27H34F2N10O8P2S2. The Bertz CT molecular complexity index is 2070. The molecule has 4 aliphatic rings. The molecule has 3 aliphatic heterocycles. The maximum Gasteiger partial charge on any atom is 0.386 e. The minimum absolute atomic E-state index is 0.0183. The topological polar surface area (TPSA) is 231 Å². The van der Waals surface area contributed by atoms with Crippen LogP contribution in [0.2, 0.25) is 0 Å². The van der Waals surface area contributed by atoms with E-state index in [1.54, 1.807) is 10.8 Å². The number of rotatable bonds is 5. The predicted molar refractivity (Wildman–Crippen MR) is 184 cm³/mol.